The Morgan fingerprint density at radius 1 is 1.18 bits per heavy atom. The van der Waals surface area contributed by atoms with Gasteiger partial charge in [-0.2, -0.15) is 5.10 Å². The topological polar surface area (TPSA) is 124 Å². The maximum absolute atomic E-state index is 12.9. The number of benzene rings is 1. The van der Waals surface area contributed by atoms with Crippen molar-refractivity contribution >= 4 is 34.4 Å². The average Bonchev–Trinajstić information content (AvgIpc) is 3.25. The first-order valence-electron chi connectivity index (χ1n) is 10.1. The molecule has 2 N–H and O–H groups in total. The van der Waals surface area contributed by atoms with Crippen LogP contribution in [-0.2, 0) is 9.53 Å². The van der Waals surface area contributed by atoms with Crippen LogP contribution in [0.1, 0.15) is 5.56 Å². The van der Waals surface area contributed by atoms with Gasteiger partial charge in [0.25, 0.3) is 5.91 Å². The molecule has 0 aliphatic heterocycles. The van der Waals surface area contributed by atoms with Crippen LogP contribution < -0.4 is 10.1 Å². The van der Waals surface area contributed by atoms with Crippen LogP contribution in [0.5, 0.6) is 5.88 Å². The summed E-state index contributed by atoms with van der Waals surface area (Å²) < 4.78 is 12.9. The second-order valence-electron chi connectivity index (χ2n) is 7.04. The normalized spacial score (nSPS) is 12.0. The summed E-state index contributed by atoms with van der Waals surface area (Å²) in [5.41, 5.74) is 2.07. The number of anilines is 1. The van der Waals surface area contributed by atoms with Crippen molar-refractivity contribution < 1.29 is 19.4 Å². The number of hydrogen-bond acceptors (Lipinski definition) is 8. The number of fused-ring (bicyclic) bond motifs is 1. The van der Waals surface area contributed by atoms with Crippen molar-refractivity contribution in [3.8, 4) is 11.6 Å². The first-order valence-corrected chi connectivity index (χ1v) is 10.5. The molecule has 3 heterocycles. The molecule has 1 unspecified atom stereocenters. The van der Waals surface area contributed by atoms with Gasteiger partial charge in [-0.3, -0.25) is 4.79 Å². The van der Waals surface area contributed by atoms with Gasteiger partial charge >= 0.3 is 0 Å². The lowest BCUT2D eigenvalue weighted by molar-refractivity contribution is -0.125. The first-order chi connectivity index (χ1) is 16.1. The van der Waals surface area contributed by atoms with E-state index >= 15 is 0 Å². The summed E-state index contributed by atoms with van der Waals surface area (Å²) in [6, 6.07) is 10.7. The van der Waals surface area contributed by atoms with Crippen molar-refractivity contribution in [3.63, 3.8) is 0 Å². The number of aromatic nitrogens is 5. The highest BCUT2D eigenvalue weighted by atomic mass is 35.5. The summed E-state index contributed by atoms with van der Waals surface area (Å²) in [4.78, 5) is 25.6. The molecule has 4 aromatic rings. The zero-order valence-electron chi connectivity index (χ0n) is 17.7. The molecule has 170 valence electrons. The molecule has 0 aliphatic rings. The highest BCUT2D eigenvalue weighted by molar-refractivity contribution is 6.32. The maximum atomic E-state index is 12.9. The summed E-state index contributed by atoms with van der Waals surface area (Å²) in [6.45, 7) is 1.66. The Labute approximate surface area is 194 Å². The minimum absolute atomic E-state index is 0.0551. The van der Waals surface area contributed by atoms with Gasteiger partial charge < -0.3 is 19.9 Å². The summed E-state index contributed by atoms with van der Waals surface area (Å²) in [6.07, 6.45) is 3.43. The summed E-state index contributed by atoms with van der Waals surface area (Å²) in [7, 11) is 0. The third-order valence-electron chi connectivity index (χ3n) is 4.62. The van der Waals surface area contributed by atoms with Crippen molar-refractivity contribution in [2.24, 2.45) is 0 Å². The van der Waals surface area contributed by atoms with Crippen LogP contribution in [0, 0.1) is 6.92 Å². The number of carbonyl (C=O) groups excluding carboxylic acids is 1. The van der Waals surface area contributed by atoms with Gasteiger partial charge in [-0.15, -0.1) is 0 Å². The van der Waals surface area contributed by atoms with Gasteiger partial charge in [0.15, 0.2) is 5.65 Å². The van der Waals surface area contributed by atoms with E-state index in [1.54, 1.807) is 29.2 Å². The average molecular weight is 469 g/mol. The van der Waals surface area contributed by atoms with Crippen molar-refractivity contribution in [3.05, 3.63) is 65.7 Å². The van der Waals surface area contributed by atoms with Crippen molar-refractivity contribution in [1.29, 1.82) is 0 Å². The number of amides is 1. The second-order valence-corrected chi connectivity index (χ2v) is 7.45. The van der Waals surface area contributed by atoms with Gasteiger partial charge in [0, 0.05) is 6.20 Å². The molecule has 1 atom stereocenters. The molecule has 1 amide bonds. The molecule has 0 aliphatic carbocycles. The molecule has 11 heteroatoms. The number of aryl methyl sites for hydroxylation is 1. The lowest BCUT2D eigenvalue weighted by Gasteiger charge is -2.18. The molecule has 0 spiro atoms. The van der Waals surface area contributed by atoms with E-state index in [0.717, 1.165) is 5.56 Å². The van der Waals surface area contributed by atoms with Crippen LogP contribution in [0.25, 0.3) is 16.7 Å². The van der Waals surface area contributed by atoms with E-state index in [9.17, 15) is 4.79 Å². The van der Waals surface area contributed by atoms with Crippen LogP contribution >= 0.6 is 11.6 Å². The van der Waals surface area contributed by atoms with E-state index < -0.39 is 12.0 Å². The number of rotatable bonds is 9. The smallest absolute Gasteiger partial charge is 0.269 e. The Balaban J connectivity index is 1.61. The number of aliphatic hydroxyl groups excluding tert-OH is 1. The number of halogens is 1. The van der Waals surface area contributed by atoms with E-state index in [-0.39, 0.29) is 25.7 Å². The minimum atomic E-state index is -1.07. The van der Waals surface area contributed by atoms with E-state index in [1.165, 1.54) is 6.33 Å². The van der Waals surface area contributed by atoms with Gasteiger partial charge in [0.2, 0.25) is 12.0 Å². The molecular weight excluding hydrogens is 448 g/mol. The molecule has 0 fully saturated rings. The quantitative estimate of drug-likeness (QED) is 0.359. The Morgan fingerprint density at radius 3 is 2.79 bits per heavy atom. The standard InChI is InChI=1S/C22H21ClN6O4/c1-14-6-7-19(24-10-14)28-21(31)18(12-32-9-8-30)33-22-15-11-27-29(20(15)25-13-26-22)17-5-3-2-4-16(17)23/h2-7,10-11,13,18,30H,8-9,12H2,1H3,(H,24,28,31). The highest BCUT2D eigenvalue weighted by Crippen LogP contribution is 2.27. The maximum Gasteiger partial charge on any atom is 0.269 e. The SMILES string of the molecule is Cc1ccc(NC(=O)C(COCCO)Oc2ncnc3c2cnn3-c2ccccc2Cl)nc1. The number of aliphatic hydroxyl groups is 1. The molecule has 10 nitrogen and oxygen atoms in total. The molecule has 0 bridgehead atoms. The highest BCUT2D eigenvalue weighted by Gasteiger charge is 2.24. The third kappa shape index (κ3) is 5.25. The van der Waals surface area contributed by atoms with Gasteiger partial charge in [-0.1, -0.05) is 29.8 Å². The van der Waals surface area contributed by atoms with Crippen LogP contribution in [0.3, 0.4) is 0 Å². The third-order valence-corrected chi connectivity index (χ3v) is 4.94. The van der Waals surface area contributed by atoms with E-state index in [1.807, 2.05) is 31.2 Å². The van der Waals surface area contributed by atoms with E-state index in [0.29, 0.717) is 27.6 Å². The number of pyridine rings is 1. The molecule has 33 heavy (non-hydrogen) atoms. The minimum Gasteiger partial charge on any atom is -0.461 e. The van der Waals surface area contributed by atoms with E-state index in [2.05, 4.69) is 25.4 Å². The Kier molecular flexibility index (Phi) is 7.08. The van der Waals surface area contributed by atoms with Crippen molar-refractivity contribution in [2.45, 2.75) is 13.0 Å². The number of para-hydroxylation sites is 1. The molecule has 0 radical (unpaired) electrons. The number of carbonyl (C=O) groups is 1. The fraction of sp³-hybridized carbons (Fsp3) is 0.227. The number of nitrogens with one attached hydrogen (secondary N) is 1. The number of nitrogens with zero attached hydrogens (tertiary/aromatic N) is 5. The lowest BCUT2D eigenvalue weighted by Crippen LogP contribution is -2.37. The zero-order chi connectivity index (χ0) is 23.2. The predicted molar refractivity (Wildman–Crippen MR) is 122 cm³/mol. The lowest BCUT2D eigenvalue weighted by atomic mass is 10.3. The number of ether oxygens (including phenoxy) is 2. The van der Waals surface area contributed by atoms with Crippen molar-refractivity contribution in [2.75, 3.05) is 25.1 Å². The van der Waals surface area contributed by atoms with Crippen LogP contribution in [0.4, 0.5) is 5.82 Å². The number of hydrogen-bond donors (Lipinski definition) is 2. The van der Waals surface area contributed by atoms with Crippen LogP contribution in [-0.4, -0.2) is 61.7 Å². The van der Waals surface area contributed by atoms with Crippen LogP contribution in [0.2, 0.25) is 5.02 Å². The summed E-state index contributed by atoms with van der Waals surface area (Å²) >= 11 is 6.31. The van der Waals surface area contributed by atoms with Gasteiger partial charge in [0.05, 0.1) is 36.7 Å². The summed E-state index contributed by atoms with van der Waals surface area (Å²) in [5.74, 6) is 0.0539. The fourth-order valence-corrected chi connectivity index (χ4v) is 3.23. The Bertz CT molecular complexity index is 1250. The van der Waals surface area contributed by atoms with E-state index in [4.69, 9.17) is 26.2 Å². The predicted octanol–water partition coefficient (Wildman–Crippen LogP) is 2.57. The summed E-state index contributed by atoms with van der Waals surface area (Å²) in [5, 5.41) is 17.1. The van der Waals surface area contributed by atoms with Crippen molar-refractivity contribution in [1.82, 2.24) is 24.7 Å². The molecular formula is C22H21ClN6O4. The fourth-order valence-electron chi connectivity index (χ4n) is 3.02. The van der Waals surface area contributed by atoms with Crippen LogP contribution in [0.15, 0.2) is 55.1 Å². The van der Waals surface area contributed by atoms with Gasteiger partial charge in [-0.05, 0) is 30.7 Å². The molecule has 0 saturated heterocycles. The largest absolute Gasteiger partial charge is 0.461 e. The molecule has 3 aromatic heterocycles. The first kappa shape index (κ1) is 22.6. The molecule has 4 rings (SSSR count). The second kappa shape index (κ2) is 10.3. The van der Waals surface area contributed by atoms with Gasteiger partial charge in [0.1, 0.15) is 17.5 Å². The molecule has 0 saturated carbocycles. The zero-order valence-corrected chi connectivity index (χ0v) is 18.4. The molecule has 1 aromatic carbocycles. The monoisotopic (exact) mass is 468 g/mol. The Hall–Kier alpha value is -3.60. The Morgan fingerprint density at radius 2 is 2.03 bits per heavy atom. The van der Waals surface area contributed by atoms with Gasteiger partial charge in [-0.25, -0.2) is 19.6 Å².